The van der Waals surface area contributed by atoms with Crippen LogP contribution in [0.1, 0.15) is 5.56 Å². The van der Waals surface area contributed by atoms with Gasteiger partial charge >= 0.3 is 0 Å². The minimum atomic E-state index is 0.0456. The Hall–Kier alpha value is -1.97. The molecule has 0 saturated carbocycles. The number of aromatic nitrogens is 1. The van der Waals surface area contributed by atoms with Crippen LogP contribution in [0, 0.1) is 0 Å². The van der Waals surface area contributed by atoms with Gasteiger partial charge in [-0.05, 0) is 23.8 Å². The Morgan fingerprint density at radius 2 is 2.19 bits per heavy atom. The van der Waals surface area contributed by atoms with Crippen molar-refractivity contribution >= 4 is 16.8 Å². The van der Waals surface area contributed by atoms with Crippen molar-refractivity contribution in [2.75, 3.05) is 14.1 Å². The van der Waals surface area contributed by atoms with Gasteiger partial charge in [0.25, 0.3) is 0 Å². The van der Waals surface area contributed by atoms with Gasteiger partial charge in [-0.3, -0.25) is 4.79 Å². The standard InChI is InChI=1S/C12H14N2O2/c1-14(2)12(16)5-8-7-13-11-4-3-9(15)6-10(8)11/h3-4,6-7,13,15H,5H2,1-2H3. The van der Waals surface area contributed by atoms with Crippen molar-refractivity contribution < 1.29 is 9.90 Å². The minimum Gasteiger partial charge on any atom is -0.508 e. The third-order valence-electron chi connectivity index (χ3n) is 2.59. The molecule has 1 amide bonds. The van der Waals surface area contributed by atoms with Crippen molar-refractivity contribution in [2.24, 2.45) is 0 Å². The molecular formula is C12H14N2O2. The molecule has 4 heteroatoms. The minimum absolute atomic E-state index is 0.0456. The molecule has 1 heterocycles. The van der Waals surface area contributed by atoms with Crippen LogP contribution in [0.25, 0.3) is 10.9 Å². The summed E-state index contributed by atoms with van der Waals surface area (Å²) in [5, 5.41) is 10.3. The molecule has 0 fully saturated rings. The number of phenolic OH excluding ortho intramolecular Hbond substituents is 1. The van der Waals surface area contributed by atoms with E-state index in [1.807, 2.05) is 6.20 Å². The van der Waals surface area contributed by atoms with Gasteiger partial charge < -0.3 is 15.0 Å². The van der Waals surface area contributed by atoms with Gasteiger partial charge in [0.1, 0.15) is 5.75 Å². The van der Waals surface area contributed by atoms with Crippen molar-refractivity contribution in [1.82, 2.24) is 9.88 Å². The lowest BCUT2D eigenvalue weighted by Crippen LogP contribution is -2.23. The number of aromatic hydroxyl groups is 1. The normalized spacial score (nSPS) is 10.6. The number of aromatic amines is 1. The molecule has 84 valence electrons. The van der Waals surface area contributed by atoms with E-state index in [2.05, 4.69) is 4.98 Å². The summed E-state index contributed by atoms with van der Waals surface area (Å²) < 4.78 is 0. The molecule has 0 spiro atoms. The highest BCUT2D eigenvalue weighted by atomic mass is 16.3. The molecule has 2 N–H and O–H groups in total. The van der Waals surface area contributed by atoms with E-state index in [9.17, 15) is 9.90 Å². The highest BCUT2D eigenvalue weighted by Gasteiger charge is 2.10. The summed E-state index contributed by atoms with van der Waals surface area (Å²) in [5.74, 6) is 0.259. The highest BCUT2D eigenvalue weighted by molar-refractivity contribution is 5.89. The first-order chi connectivity index (χ1) is 7.58. The molecule has 0 atom stereocenters. The predicted molar refractivity (Wildman–Crippen MR) is 62.4 cm³/mol. The van der Waals surface area contributed by atoms with Gasteiger partial charge in [0.2, 0.25) is 5.91 Å². The fourth-order valence-corrected chi connectivity index (χ4v) is 1.63. The lowest BCUT2D eigenvalue weighted by molar-refractivity contribution is -0.127. The molecule has 0 radical (unpaired) electrons. The van der Waals surface area contributed by atoms with E-state index in [1.54, 1.807) is 37.2 Å². The second kappa shape index (κ2) is 3.89. The number of carbonyl (C=O) groups excluding carboxylic acids is 1. The molecule has 2 aromatic rings. The highest BCUT2D eigenvalue weighted by Crippen LogP contribution is 2.23. The average Bonchev–Trinajstić information content (AvgIpc) is 2.61. The van der Waals surface area contributed by atoms with Crippen molar-refractivity contribution in [3.05, 3.63) is 30.0 Å². The average molecular weight is 218 g/mol. The van der Waals surface area contributed by atoms with Crippen LogP contribution in [0.3, 0.4) is 0 Å². The Bertz CT molecular complexity index is 529. The van der Waals surface area contributed by atoms with Crippen LogP contribution in [0.4, 0.5) is 0 Å². The zero-order chi connectivity index (χ0) is 11.7. The van der Waals surface area contributed by atoms with Crippen LogP contribution in [0.15, 0.2) is 24.4 Å². The van der Waals surface area contributed by atoms with E-state index in [0.717, 1.165) is 16.5 Å². The van der Waals surface area contributed by atoms with Crippen LogP contribution >= 0.6 is 0 Å². The van der Waals surface area contributed by atoms with Crippen molar-refractivity contribution in [2.45, 2.75) is 6.42 Å². The van der Waals surface area contributed by atoms with Gasteiger partial charge in [-0.25, -0.2) is 0 Å². The molecule has 0 aliphatic rings. The van der Waals surface area contributed by atoms with E-state index in [4.69, 9.17) is 0 Å². The molecule has 0 bridgehead atoms. The number of nitrogens with one attached hydrogen (secondary N) is 1. The van der Waals surface area contributed by atoms with E-state index >= 15 is 0 Å². The molecule has 0 unspecified atom stereocenters. The summed E-state index contributed by atoms with van der Waals surface area (Å²) in [5.41, 5.74) is 1.84. The fourth-order valence-electron chi connectivity index (χ4n) is 1.63. The maximum Gasteiger partial charge on any atom is 0.226 e. The molecular weight excluding hydrogens is 204 g/mol. The van der Waals surface area contributed by atoms with Gasteiger partial charge in [-0.1, -0.05) is 0 Å². The zero-order valence-electron chi connectivity index (χ0n) is 9.32. The summed E-state index contributed by atoms with van der Waals surface area (Å²) in [6.07, 6.45) is 2.15. The zero-order valence-corrected chi connectivity index (χ0v) is 9.32. The summed E-state index contributed by atoms with van der Waals surface area (Å²) in [4.78, 5) is 16.2. The Morgan fingerprint density at radius 3 is 2.88 bits per heavy atom. The molecule has 0 aliphatic heterocycles. The number of H-pyrrole nitrogens is 1. The number of rotatable bonds is 2. The largest absolute Gasteiger partial charge is 0.508 e. The monoisotopic (exact) mass is 218 g/mol. The van der Waals surface area contributed by atoms with Crippen molar-refractivity contribution in [3.8, 4) is 5.75 Å². The first-order valence-corrected chi connectivity index (χ1v) is 5.07. The Morgan fingerprint density at radius 1 is 1.44 bits per heavy atom. The smallest absolute Gasteiger partial charge is 0.226 e. The van der Waals surface area contributed by atoms with Crippen LogP contribution in [-0.4, -0.2) is 35.0 Å². The van der Waals surface area contributed by atoms with Crippen LogP contribution in [0.2, 0.25) is 0 Å². The lowest BCUT2D eigenvalue weighted by atomic mass is 10.1. The molecule has 1 aromatic heterocycles. The topological polar surface area (TPSA) is 56.3 Å². The van der Waals surface area contributed by atoms with Crippen LogP contribution in [-0.2, 0) is 11.2 Å². The number of phenols is 1. The number of nitrogens with zero attached hydrogens (tertiary/aromatic N) is 1. The summed E-state index contributed by atoms with van der Waals surface area (Å²) in [6, 6.07) is 5.09. The van der Waals surface area contributed by atoms with E-state index in [1.165, 1.54) is 0 Å². The number of benzene rings is 1. The van der Waals surface area contributed by atoms with Gasteiger partial charge in [0.05, 0.1) is 6.42 Å². The Balaban J connectivity index is 2.38. The Labute approximate surface area is 93.5 Å². The summed E-state index contributed by atoms with van der Waals surface area (Å²) >= 11 is 0. The van der Waals surface area contributed by atoms with Gasteiger partial charge in [-0.2, -0.15) is 0 Å². The van der Waals surface area contributed by atoms with Crippen LogP contribution < -0.4 is 0 Å². The summed E-state index contributed by atoms with van der Waals surface area (Å²) in [7, 11) is 3.46. The second-order valence-electron chi connectivity index (χ2n) is 4.01. The van der Waals surface area contributed by atoms with Crippen LogP contribution in [0.5, 0.6) is 5.75 Å². The third kappa shape index (κ3) is 1.86. The molecule has 1 aromatic carbocycles. The van der Waals surface area contributed by atoms with E-state index in [-0.39, 0.29) is 11.7 Å². The molecule has 0 aliphatic carbocycles. The maximum atomic E-state index is 11.6. The second-order valence-corrected chi connectivity index (χ2v) is 4.01. The number of fused-ring (bicyclic) bond motifs is 1. The maximum absolute atomic E-state index is 11.6. The summed E-state index contributed by atoms with van der Waals surface area (Å²) in [6.45, 7) is 0. The lowest BCUT2D eigenvalue weighted by Gasteiger charge is -2.09. The molecule has 4 nitrogen and oxygen atoms in total. The number of likely N-dealkylation sites (N-methyl/N-ethyl adjacent to an activating group) is 1. The Kier molecular flexibility index (Phi) is 2.56. The predicted octanol–water partition coefficient (Wildman–Crippen LogP) is 1.50. The van der Waals surface area contributed by atoms with Crippen molar-refractivity contribution in [3.63, 3.8) is 0 Å². The number of hydrogen-bond donors (Lipinski definition) is 2. The number of amides is 1. The molecule has 0 saturated heterocycles. The third-order valence-corrected chi connectivity index (χ3v) is 2.59. The molecule has 2 rings (SSSR count). The first-order valence-electron chi connectivity index (χ1n) is 5.07. The molecule has 16 heavy (non-hydrogen) atoms. The van der Waals surface area contributed by atoms with Gasteiger partial charge in [0, 0.05) is 31.2 Å². The number of hydrogen-bond acceptors (Lipinski definition) is 2. The van der Waals surface area contributed by atoms with Gasteiger partial charge in [-0.15, -0.1) is 0 Å². The van der Waals surface area contributed by atoms with Crippen molar-refractivity contribution in [1.29, 1.82) is 0 Å². The van der Waals surface area contributed by atoms with E-state index in [0.29, 0.717) is 6.42 Å². The SMILES string of the molecule is CN(C)C(=O)Cc1c[nH]c2ccc(O)cc12. The van der Waals surface area contributed by atoms with Gasteiger partial charge in [0.15, 0.2) is 0 Å². The van der Waals surface area contributed by atoms with E-state index < -0.39 is 0 Å². The first kappa shape index (κ1) is 10.5. The number of carbonyl (C=O) groups is 1. The quantitative estimate of drug-likeness (QED) is 0.802. The fraction of sp³-hybridized carbons (Fsp3) is 0.250.